The molecule has 1 unspecified atom stereocenters. The predicted octanol–water partition coefficient (Wildman–Crippen LogP) is 5.15. The van der Waals surface area contributed by atoms with Gasteiger partial charge in [0.05, 0.1) is 5.92 Å². The first-order valence-corrected chi connectivity index (χ1v) is 8.80. The Bertz CT molecular complexity index is 637. The highest BCUT2D eigenvalue weighted by Crippen LogP contribution is 2.27. The van der Waals surface area contributed by atoms with Crippen LogP contribution in [0.25, 0.3) is 6.08 Å². The molecule has 2 rings (SSSR count). The Kier molecular flexibility index (Phi) is 6.95. The first-order chi connectivity index (χ1) is 11.2. The predicted molar refractivity (Wildman–Crippen MR) is 97.8 cm³/mol. The lowest BCUT2D eigenvalue weighted by Gasteiger charge is -2.13. The van der Waals surface area contributed by atoms with E-state index in [0.29, 0.717) is 12.2 Å². The minimum absolute atomic E-state index is 0.318. The largest absolute Gasteiger partial charge is 0.481 e. The average Bonchev–Trinajstić information content (AvgIpc) is 2.58. The highest BCUT2D eigenvalue weighted by atomic mass is 32.2. The first kappa shape index (κ1) is 17.4. The van der Waals surface area contributed by atoms with Gasteiger partial charge in [-0.2, -0.15) is 0 Å². The summed E-state index contributed by atoms with van der Waals surface area (Å²) in [6.45, 7) is 3.81. The van der Waals surface area contributed by atoms with Gasteiger partial charge in [0.2, 0.25) is 0 Å². The molecule has 0 fully saturated rings. The number of rotatable bonds is 9. The van der Waals surface area contributed by atoms with Gasteiger partial charge in [-0.3, -0.25) is 4.79 Å². The maximum absolute atomic E-state index is 11.5. The molecule has 0 aliphatic heterocycles. The highest BCUT2D eigenvalue weighted by molar-refractivity contribution is 7.99. The summed E-state index contributed by atoms with van der Waals surface area (Å²) in [7, 11) is 0. The van der Waals surface area contributed by atoms with Crippen molar-refractivity contribution in [2.75, 3.05) is 5.75 Å². The van der Waals surface area contributed by atoms with Crippen LogP contribution >= 0.6 is 11.8 Å². The molecule has 23 heavy (non-hydrogen) atoms. The van der Waals surface area contributed by atoms with E-state index in [1.54, 1.807) is 11.8 Å². The van der Waals surface area contributed by atoms with E-state index < -0.39 is 5.97 Å². The van der Waals surface area contributed by atoms with Crippen LogP contribution in [0.5, 0.6) is 0 Å². The molecular weight excluding hydrogens is 304 g/mol. The Morgan fingerprint density at radius 1 is 1.13 bits per heavy atom. The lowest BCUT2D eigenvalue weighted by Crippen LogP contribution is -2.16. The number of hydrogen-bond donors (Lipinski definition) is 1. The van der Waals surface area contributed by atoms with Gasteiger partial charge >= 0.3 is 5.97 Å². The fourth-order valence-corrected chi connectivity index (χ4v) is 3.63. The zero-order valence-electron chi connectivity index (χ0n) is 13.2. The molecule has 3 heteroatoms. The van der Waals surface area contributed by atoms with Crippen molar-refractivity contribution >= 4 is 23.8 Å². The summed E-state index contributed by atoms with van der Waals surface area (Å²) in [5.41, 5.74) is 2.33. The van der Waals surface area contributed by atoms with Crippen molar-refractivity contribution in [1.82, 2.24) is 0 Å². The number of thioether (sulfide) groups is 1. The van der Waals surface area contributed by atoms with E-state index in [9.17, 15) is 9.90 Å². The molecule has 2 aromatic rings. The molecule has 0 aliphatic rings. The number of benzene rings is 2. The maximum atomic E-state index is 11.5. The Labute approximate surface area is 142 Å². The molecule has 2 nitrogen and oxygen atoms in total. The minimum atomic E-state index is -0.707. The second-order valence-electron chi connectivity index (χ2n) is 5.47. The molecule has 0 saturated heterocycles. The van der Waals surface area contributed by atoms with Crippen molar-refractivity contribution in [1.29, 1.82) is 0 Å². The van der Waals surface area contributed by atoms with Gasteiger partial charge in [-0.05, 0) is 36.5 Å². The fourth-order valence-electron chi connectivity index (χ4n) is 2.45. The van der Waals surface area contributed by atoms with Crippen molar-refractivity contribution < 1.29 is 9.90 Å². The second-order valence-corrected chi connectivity index (χ2v) is 6.53. The molecule has 0 radical (unpaired) electrons. The molecule has 0 amide bonds. The standard InChI is InChI=1S/C20H22O2S/c1-2-17-12-6-7-14-19(17)23-15-18(20(21)22)13-8-11-16-9-4-3-5-10-16/h2-7,9-10,12,14,18H,1,8,11,13,15H2,(H,21,22). The van der Waals surface area contributed by atoms with Crippen LogP contribution in [0.4, 0.5) is 0 Å². The highest BCUT2D eigenvalue weighted by Gasteiger charge is 2.17. The van der Waals surface area contributed by atoms with Crippen LogP contribution < -0.4 is 0 Å². The van der Waals surface area contributed by atoms with E-state index in [4.69, 9.17) is 0 Å². The molecule has 0 aromatic heterocycles. The Morgan fingerprint density at radius 2 is 1.83 bits per heavy atom. The van der Waals surface area contributed by atoms with Gasteiger partial charge in [0.1, 0.15) is 0 Å². The molecule has 0 bridgehead atoms. The van der Waals surface area contributed by atoms with E-state index in [1.165, 1.54) is 5.56 Å². The monoisotopic (exact) mass is 326 g/mol. The van der Waals surface area contributed by atoms with Crippen LogP contribution in [-0.2, 0) is 11.2 Å². The average molecular weight is 326 g/mol. The van der Waals surface area contributed by atoms with E-state index >= 15 is 0 Å². The van der Waals surface area contributed by atoms with Crippen molar-refractivity contribution in [3.63, 3.8) is 0 Å². The van der Waals surface area contributed by atoms with Crippen molar-refractivity contribution in [3.05, 3.63) is 72.3 Å². The third-order valence-electron chi connectivity index (χ3n) is 3.79. The van der Waals surface area contributed by atoms with E-state index in [0.717, 1.165) is 23.3 Å². The quantitative estimate of drug-likeness (QED) is 0.648. The maximum Gasteiger partial charge on any atom is 0.307 e. The number of aryl methyl sites for hydroxylation is 1. The lowest BCUT2D eigenvalue weighted by molar-refractivity contribution is -0.141. The van der Waals surface area contributed by atoms with Gasteiger partial charge in [-0.15, -0.1) is 11.8 Å². The zero-order chi connectivity index (χ0) is 16.5. The summed E-state index contributed by atoms with van der Waals surface area (Å²) in [6.07, 6.45) is 4.34. The number of carboxylic acids is 1. The van der Waals surface area contributed by atoms with Crippen LogP contribution in [0.3, 0.4) is 0 Å². The zero-order valence-corrected chi connectivity index (χ0v) is 14.0. The Balaban J connectivity index is 1.86. The second kappa shape index (κ2) is 9.21. The normalized spacial score (nSPS) is 11.8. The molecule has 120 valence electrons. The molecule has 0 heterocycles. The summed E-state index contributed by atoms with van der Waals surface area (Å²) in [5, 5.41) is 9.44. The summed E-state index contributed by atoms with van der Waals surface area (Å²) in [6, 6.07) is 18.2. The molecule has 1 N–H and O–H groups in total. The van der Waals surface area contributed by atoms with Crippen LogP contribution in [0.15, 0.2) is 66.1 Å². The van der Waals surface area contributed by atoms with Crippen LogP contribution in [0.1, 0.15) is 24.0 Å². The smallest absolute Gasteiger partial charge is 0.307 e. The number of aliphatic carboxylic acids is 1. The lowest BCUT2D eigenvalue weighted by atomic mass is 10.0. The summed E-state index contributed by atoms with van der Waals surface area (Å²) < 4.78 is 0. The number of hydrogen-bond acceptors (Lipinski definition) is 2. The third kappa shape index (κ3) is 5.61. The summed E-state index contributed by atoms with van der Waals surface area (Å²) in [4.78, 5) is 12.6. The Hall–Kier alpha value is -2.00. The molecular formula is C20H22O2S. The van der Waals surface area contributed by atoms with E-state index in [-0.39, 0.29) is 5.92 Å². The molecule has 1 atom stereocenters. The van der Waals surface area contributed by atoms with Crippen molar-refractivity contribution in [2.24, 2.45) is 5.92 Å². The SMILES string of the molecule is C=Cc1ccccc1SCC(CCCc1ccccc1)C(=O)O. The summed E-state index contributed by atoms with van der Waals surface area (Å²) in [5.74, 6) is -0.433. The summed E-state index contributed by atoms with van der Waals surface area (Å²) >= 11 is 1.60. The van der Waals surface area contributed by atoms with Crippen molar-refractivity contribution in [2.45, 2.75) is 24.2 Å². The van der Waals surface area contributed by atoms with Crippen LogP contribution in [0, 0.1) is 5.92 Å². The molecule has 2 aromatic carbocycles. The first-order valence-electron chi connectivity index (χ1n) is 7.81. The molecule has 0 saturated carbocycles. The van der Waals surface area contributed by atoms with Crippen molar-refractivity contribution in [3.8, 4) is 0 Å². The van der Waals surface area contributed by atoms with Gasteiger partial charge in [0, 0.05) is 10.6 Å². The van der Waals surface area contributed by atoms with Gasteiger partial charge in [-0.25, -0.2) is 0 Å². The van der Waals surface area contributed by atoms with Gasteiger partial charge < -0.3 is 5.11 Å². The van der Waals surface area contributed by atoms with Gasteiger partial charge in [0.15, 0.2) is 0 Å². The number of carbonyl (C=O) groups is 1. The number of carboxylic acid groups (broad SMARTS) is 1. The van der Waals surface area contributed by atoms with E-state index in [1.807, 2.05) is 48.5 Å². The van der Waals surface area contributed by atoms with Crippen LogP contribution in [0.2, 0.25) is 0 Å². The Morgan fingerprint density at radius 3 is 2.52 bits per heavy atom. The van der Waals surface area contributed by atoms with Gasteiger partial charge in [-0.1, -0.05) is 61.2 Å². The molecule has 0 aliphatic carbocycles. The molecule has 0 spiro atoms. The third-order valence-corrected chi connectivity index (χ3v) is 5.04. The fraction of sp³-hybridized carbons (Fsp3) is 0.250. The van der Waals surface area contributed by atoms with Crippen LogP contribution in [-0.4, -0.2) is 16.8 Å². The minimum Gasteiger partial charge on any atom is -0.481 e. The van der Waals surface area contributed by atoms with E-state index in [2.05, 4.69) is 18.7 Å². The topological polar surface area (TPSA) is 37.3 Å². The van der Waals surface area contributed by atoms with Gasteiger partial charge in [0.25, 0.3) is 0 Å².